The van der Waals surface area contributed by atoms with Crippen LogP contribution in [0.3, 0.4) is 0 Å². The van der Waals surface area contributed by atoms with E-state index in [1.54, 1.807) is 0 Å². The van der Waals surface area contributed by atoms with Crippen LogP contribution in [0.1, 0.15) is 24.5 Å². The number of hydrogen-bond donors (Lipinski definition) is 0. The van der Waals surface area contributed by atoms with Gasteiger partial charge in [0.25, 0.3) is 0 Å². The molecule has 1 nitrogen and oxygen atoms in total. The summed E-state index contributed by atoms with van der Waals surface area (Å²) < 4.78 is 0. The molecule has 1 heterocycles. The van der Waals surface area contributed by atoms with Crippen LogP contribution in [-0.4, -0.2) is 12.6 Å². The Morgan fingerprint density at radius 3 is 3.00 bits per heavy atom. The van der Waals surface area contributed by atoms with E-state index >= 15 is 0 Å². The van der Waals surface area contributed by atoms with Crippen molar-refractivity contribution in [2.75, 3.05) is 11.4 Å². The minimum absolute atomic E-state index is 0.564. The number of anilines is 1. The summed E-state index contributed by atoms with van der Waals surface area (Å²) >= 11 is 0. The summed E-state index contributed by atoms with van der Waals surface area (Å²) in [5.74, 6) is 0. The van der Waals surface area contributed by atoms with E-state index in [1.165, 1.54) is 29.8 Å². The third-order valence-electron chi connectivity index (χ3n) is 3.84. The van der Waals surface area contributed by atoms with E-state index in [0.717, 1.165) is 12.8 Å². The first-order chi connectivity index (χ1) is 8.38. The summed E-state index contributed by atoms with van der Waals surface area (Å²) in [5.41, 5.74) is 4.45. The Balaban J connectivity index is 1.88. The van der Waals surface area contributed by atoms with E-state index in [2.05, 4.69) is 54.3 Å². The molecule has 1 aliphatic heterocycles. The fraction of sp³-hybridized carbons (Fsp3) is 0.375. The number of aryl methyl sites for hydroxylation is 1. The van der Waals surface area contributed by atoms with Gasteiger partial charge in [0.15, 0.2) is 0 Å². The first kappa shape index (κ1) is 10.6. The number of nitrogens with zero attached hydrogens (tertiary/aromatic N) is 1. The van der Waals surface area contributed by atoms with E-state index < -0.39 is 0 Å². The third-order valence-corrected chi connectivity index (χ3v) is 3.84. The average molecular weight is 225 g/mol. The van der Waals surface area contributed by atoms with Gasteiger partial charge in [-0.05, 0) is 36.5 Å². The van der Waals surface area contributed by atoms with Crippen LogP contribution < -0.4 is 4.90 Å². The molecule has 1 unspecified atom stereocenters. The number of rotatable bonds is 2. The van der Waals surface area contributed by atoms with Crippen LogP contribution in [-0.2, 0) is 12.8 Å². The van der Waals surface area contributed by atoms with Gasteiger partial charge in [-0.15, -0.1) is 0 Å². The van der Waals surface area contributed by atoms with Gasteiger partial charge in [0, 0.05) is 12.2 Å². The van der Waals surface area contributed by atoms with Gasteiger partial charge < -0.3 is 4.90 Å². The van der Waals surface area contributed by atoms with Gasteiger partial charge in [-0.3, -0.25) is 0 Å². The molecule has 0 bridgehead atoms. The molecule has 1 atom stereocenters. The summed E-state index contributed by atoms with van der Waals surface area (Å²) in [7, 11) is 0. The van der Waals surface area contributed by atoms with Crippen LogP contribution in [0.5, 0.6) is 0 Å². The van der Waals surface area contributed by atoms with Gasteiger partial charge in [-0.2, -0.15) is 0 Å². The van der Waals surface area contributed by atoms with E-state index in [-0.39, 0.29) is 0 Å². The average Bonchev–Trinajstić information content (AvgIpc) is 2.82. The Hall–Kier alpha value is -1.50. The molecule has 1 heteroatoms. The van der Waals surface area contributed by atoms with Gasteiger partial charge in [0.1, 0.15) is 0 Å². The first-order valence-corrected chi connectivity index (χ1v) is 6.60. The zero-order valence-electron chi connectivity index (χ0n) is 10.4. The van der Waals surface area contributed by atoms with Crippen molar-refractivity contribution in [1.82, 2.24) is 0 Å². The second kappa shape index (κ2) is 4.40. The Labute approximate surface area is 103 Å². The van der Waals surface area contributed by atoms with E-state index in [9.17, 15) is 0 Å². The second-order valence-electron chi connectivity index (χ2n) is 4.88. The topological polar surface area (TPSA) is 3.24 Å². The lowest BCUT2D eigenvalue weighted by Crippen LogP contribution is -2.32. The molecule has 1 aromatic carbocycles. The molecule has 17 heavy (non-hydrogen) atoms. The lowest BCUT2D eigenvalue weighted by Gasteiger charge is -2.28. The van der Waals surface area contributed by atoms with Crippen LogP contribution in [0.2, 0.25) is 0 Å². The molecule has 2 aliphatic rings. The van der Waals surface area contributed by atoms with Crippen LogP contribution in [0, 0.1) is 0 Å². The molecular weight excluding hydrogens is 206 g/mol. The zero-order valence-corrected chi connectivity index (χ0v) is 10.4. The molecule has 1 aromatic rings. The maximum Gasteiger partial charge on any atom is 0.0510 e. The normalized spacial score (nSPS) is 21.9. The van der Waals surface area contributed by atoms with Crippen molar-refractivity contribution < 1.29 is 0 Å². The van der Waals surface area contributed by atoms with Gasteiger partial charge in [-0.1, -0.05) is 43.4 Å². The van der Waals surface area contributed by atoms with E-state index in [1.807, 2.05) is 0 Å². The monoisotopic (exact) mass is 225 g/mol. The second-order valence-corrected chi connectivity index (χ2v) is 4.88. The van der Waals surface area contributed by atoms with Crippen molar-refractivity contribution in [3.8, 4) is 0 Å². The Kier molecular flexibility index (Phi) is 2.76. The Morgan fingerprint density at radius 2 is 2.24 bits per heavy atom. The SMILES string of the molecule is CCc1ccc2c(c1)CCN2C1C=CC=CC1. The third kappa shape index (κ3) is 1.90. The molecule has 0 saturated heterocycles. The zero-order chi connectivity index (χ0) is 11.7. The minimum atomic E-state index is 0.564. The molecule has 1 aliphatic carbocycles. The van der Waals surface area contributed by atoms with Crippen molar-refractivity contribution >= 4 is 5.69 Å². The quantitative estimate of drug-likeness (QED) is 0.744. The van der Waals surface area contributed by atoms with E-state index in [4.69, 9.17) is 0 Å². The highest BCUT2D eigenvalue weighted by Gasteiger charge is 2.24. The van der Waals surface area contributed by atoms with Crippen molar-refractivity contribution in [3.63, 3.8) is 0 Å². The Morgan fingerprint density at radius 1 is 1.29 bits per heavy atom. The molecule has 0 saturated carbocycles. The number of allylic oxidation sites excluding steroid dienone is 2. The van der Waals surface area contributed by atoms with Crippen molar-refractivity contribution in [1.29, 1.82) is 0 Å². The lowest BCUT2D eigenvalue weighted by molar-refractivity contribution is 0.711. The van der Waals surface area contributed by atoms with Crippen molar-refractivity contribution in [2.24, 2.45) is 0 Å². The molecule has 0 amide bonds. The molecular formula is C16H19N. The molecule has 88 valence electrons. The summed E-state index contributed by atoms with van der Waals surface area (Å²) in [4.78, 5) is 2.55. The van der Waals surface area contributed by atoms with Gasteiger partial charge in [0.2, 0.25) is 0 Å². The fourth-order valence-electron chi connectivity index (χ4n) is 2.84. The highest BCUT2D eigenvalue weighted by molar-refractivity contribution is 5.60. The summed E-state index contributed by atoms with van der Waals surface area (Å²) in [6.45, 7) is 3.40. The fourth-order valence-corrected chi connectivity index (χ4v) is 2.84. The molecule has 0 fully saturated rings. The summed E-state index contributed by atoms with van der Waals surface area (Å²) in [5, 5.41) is 0. The first-order valence-electron chi connectivity index (χ1n) is 6.60. The van der Waals surface area contributed by atoms with Crippen LogP contribution in [0.15, 0.2) is 42.5 Å². The number of benzene rings is 1. The van der Waals surface area contributed by atoms with Crippen LogP contribution in [0.4, 0.5) is 5.69 Å². The molecule has 0 N–H and O–H groups in total. The smallest absolute Gasteiger partial charge is 0.0510 e. The van der Waals surface area contributed by atoms with E-state index in [0.29, 0.717) is 6.04 Å². The summed E-state index contributed by atoms with van der Waals surface area (Å²) in [6, 6.07) is 7.54. The number of fused-ring (bicyclic) bond motifs is 1. The van der Waals surface area contributed by atoms with Gasteiger partial charge >= 0.3 is 0 Å². The largest absolute Gasteiger partial charge is 0.364 e. The summed E-state index contributed by atoms with van der Waals surface area (Å²) in [6.07, 6.45) is 12.4. The predicted octanol–water partition coefficient (Wildman–Crippen LogP) is 3.50. The van der Waals surface area contributed by atoms with Crippen LogP contribution in [0.25, 0.3) is 0 Å². The maximum absolute atomic E-state index is 2.55. The lowest BCUT2D eigenvalue weighted by atomic mass is 10.1. The highest BCUT2D eigenvalue weighted by Crippen LogP contribution is 2.32. The minimum Gasteiger partial charge on any atom is -0.364 e. The standard InChI is InChI=1S/C16H19N/c1-2-13-8-9-16-14(12-13)10-11-17(16)15-6-4-3-5-7-15/h3-6,8-9,12,15H,2,7,10-11H2,1H3. The van der Waals surface area contributed by atoms with Crippen LogP contribution >= 0.6 is 0 Å². The van der Waals surface area contributed by atoms with Gasteiger partial charge in [0.05, 0.1) is 6.04 Å². The molecule has 0 spiro atoms. The van der Waals surface area contributed by atoms with Crippen molar-refractivity contribution in [3.05, 3.63) is 53.6 Å². The molecule has 0 radical (unpaired) electrons. The maximum atomic E-state index is 2.55. The Bertz CT molecular complexity index is 470. The molecule has 0 aromatic heterocycles. The highest BCUT2D eigenvalue weighted by atomic mass is 15.2. The predicted molar refractivity (Wildman–Crippen MR) is 73.6 cm³/mol. The molecule has 3 rings (SSSR count). The van der Waals surface area contributed by atoms with Crippen molar-refractivity contribution in [2.45, 2.75) is 32.2 Å². The number of hydrogen-bond acceptors (Lipinski definition) is 1. The van der Waals surface area contributed by atoms with Gasteiger partial charge in [-0.25, -0.2) is 0 Å².